The zero-order valence-electron chi connectivity index (χ0n) is 13.1. The molecule has 22 heavy (non-hydrogen) atoms. The van der Waals surface area contributed by atoms with Gasteiger partial charge in [-0.1, -0.05) is 24.3 Å². The summed E-state index contributed by atoms with van der Waals surface area (Å²) in [5, 5.41) is 14.0. The van der Waals surface area contributed by atoms with Gasteiger partial charge in [0.1, 0.15) is 5.75 Å². The Morgan fingerprint density at radius 3 is 2.23 bits per heavy atom. The maximum atomic E-state index is 9.40. The van der Waals surface area contributed by atoms with E-state index in [2.05, 4.69) is 50.1 Å². The third-order valence-corrected chi connectivity index (χ3v) is 3.84. The van der Waals surface area contributed by atoms with Crippen LogP contribution >= 0.6 is 0 Å². The van der Waals surface area contributed by atoms with Gasteiger partial charge < -0.3 is 5.11 Å². The normalized spacial score (nSPS) is 11.1. The highest BCUT2D eigenvalue weighted by Gasteiger charge is 2.08. The van der Waals surface area contributed by atoms with Gasteiger partial charge in [0.25, 0.3) is 0 Å². The van der Waals surface area contributed by atoms with Gasteiger partial charge in [0.2, 0.25) is 0 Å². The van der Waals surface area contributed by atoms with E-state index in [0.717, 1.165) is 16.8 Å². The Bertz CT molecular complexity index is 785. The van der Waals surface area contributed by atoms with Crippen LogP contribution < -0.4 is 0 Å². The van der Waals surface area contributed by atoms with Crippen molar-refractivity contribution in [3.8, 4) is 28.1 Å². The molecule has 1 heterocycles. The molecule has 1 N–H and O–H groups in total. The second kappa shape index (κ2) is 5.68. The van der Waals surface area contributed by atoms with E-state index < -0.39 is 0 Å². The van der Waals surface area contributed by atoms with Crippen molar-refractivity contribution >= 4 is 0 Å². The number of rotatable bonds is 3. The van der Waals surface area contributed by atoms with Crippen LogP contribution in [0.2, 0.25) is 0 Å². The molecule has 3 heteroatoms. The Balaban J connectivity index is 1.96. The van der Waals surface area contributed by atoms with E-state index in [0.29, 0.717) is 6.04 Å². The standard InChI is InChI=1S/C19H20N2O/c1-13(2)21-11-10-19(20-21)16-6-9-18(14(3)12-16)15-4-7-17(22)8-5-15/h4-13,22H,1-3H3. The largest absolute Gasteiger partial charge is 0.508 e. The SMILES string of the molecule is Cc1cc(-c2ccn(C(C)C)n2)ccc1-c1ccc(O)cc1. The Labute approximate surface area is 130 Å². The molecule has 0 aliphatic rings. The van der Waals surface area contributed by atoms with E-state index in [4.69, 9.17) is 0 Å². The molecule has 0 spiro atoms. The van der Waals surface area contributed by atoms with Crippen LogP contribution in [-0.4, -0.2) is 14.9 Å². The third kappa shape index (κ3) is 2.75. The van der Waals surface area contributed by atoms with E-state index in [1.807, 2.05) is 23.0 Å². The van der Waals surface area contributed by atoms with Crippen molar-refractivity contribution in [2.45, 2.75) is 26.8 Å². The van der Waals surface area contributed by atoms with Crippen molar-refractivity contribution in [2.24, 2.45) is 0 Å². The number of aromatic nitrogens is 2. The van der Waals surface area contributed by atoms with Crippen molar-refractivity contribution in [1.82, 2.24) is 9.78 Å². The number of phenolic OH excluding ortho intramolecular Hbond substituents is 1. The van der Waals surface area contributed by atoms with Gasteiger partial charge in [0, 0.05) is 17.8 Å². The minimum atomic E-state index is 0.289. The van der Waals surface area contributed by atoms with Gasteiger partial charge in [-0.15, -0.1) is 0 Å². The van der Waals surface area contributed by atoms with Gasteiger partial charge in [-0.25, -0.2) is 0 Å². The molecule has 1 aromatic heterocycles. The van der Waals surface area contributed by atoms with Crippen molar-refractivity contribution in [1.29, 1.82) is 0 Å². The molecule has 0 saturated carbocycles. The third-order valence-electron chi connectivity index (χ3n) is 3.84. The molecule has 0 aliphatic heterocycles. The summed E-state index contributed by atoms with van der Waals surface area (Å²) in [6.45, 7) is 6.34. The van der Waals surface area contributed by atoms with Crippen LogP contribution in [0.3, 0.4) is 0 Å². The highest BCUT2D eigenvalue weighted by Crippen LogP contribution is 2.29. The zero-order valence-corrected chi connectivity index (χ0v) is 13.1. The molecule has 3 aromatic rings. The Morgan fingerprint density at radius 1 is 0.955 bits per heavy atom. The van der Waals surface area contributed by atoms with E-state index in [1.165, 1.54) is 11.1 Å². The number of hydrogen-bond donors (Lipinski definition) is 1. The van der Waals surface area contributed by atoms with Crippen LogP contribution in [0.15, 0.2) is 54.7 Å². The second-order valence-corrected chi connectivity index (χ2v) is 5.85. The van der Waals surface area contributed by atoms with Crippen LogP contribution in [0.5, 0.6) is 5.75 Å². The zero-order chi connectivity index (χ0) is 15.7. The average molecular weight is 292 g/mol. The van der Waals surface area contributed by atoms with Crippen LogP contribution in [0, 0.1) is 6.92 Å². The first-order valence-electron chi connectivity index (χ1n) is 7.50. The molecule has 0 fully saturated rings. The van der Waals surface area contributed by atoms with Crippen molar-refractivity contribution in [3.05, 3.63) is 60.3 Å². The molecule has 3 nitrogen and oxygen atoms in total. The number of aryl methyl sites for hydroxylation is 1. The van der Waals surface area contributed by atoms with E-state index >= 15 is 0 Å². The first-order chi connectivity index (χ1) is 10.5. The van der Waals surface area contributed by atoms with Crippen molar-refractivity contribution < 1.29 is 5.11 Å². The fourth-order valence-electron chi connectivity index (χ4n) is 2.57. The van der Waals surface area contributed by atoms with Crippen LogP contribution in [0.25, 0.3) is 22.4 Å². The highest BCUT2D eigenvalue weighted by atomic mass is 16.3. The van der Waals surface area contributed by atoms with E-state index in [-0.39, 0.29) is 5.75 Å². The molecule has 0 bridgehead atoms. The highest BCUT2D eigenvalue weighted by molar-refractivity contribution is 5.72. The minimum absolute atomic E-state index is 0.289. The number of hydrogen-bond acceptors (Lipinski definition) is 2. The van der Waals surface area contributed by atoms with Crippen molar-refractivity contribution in [2.75, 3.05) is 0 Å². The summed E-state index contributed by atoms with van der Waals surface area (Å²) in [5.74, 6) is 0.289. The number of benzene rings is 2. The van der Waals surface area contributed by atoms with Gasteiger partial charge in [0.05, 0.1) is 5.69 Å². The summed E-state index contributed by atoms with van der Waals surface area (Å²) >= 11 is 0. The lowest BCUT2D eigenvalue weighted by Gasteiger charge is -2.08. The predicted octanol–water partition coefficient (Wildman–Crippen LogP) is 4.81. The van der Waals surface area contributed by atoms with Crippen LogP contribution in [0.4, 0.5) is 0 Å². The predicted molar refractivity (Wildman–Crippen MR) is 89.9 cm³/mol. The summed E-state index contributed by atoms with van der Waals surface area (Å²) in [4.78, 5) is 0. The van der Waals surface area contributed by atoms with Gasteiger partial charge in [-0.3, -0.25) is 4.68 Å². The smallest absolute Gasteiger partial charge is 0.115 e. The van der Waals surface area contributed by atoms with Gasteiger partial charge in [-0.05, 0) is 61.7 Å². The lowest BCUT2D eigenvalue weighted by atomic mass is 9.97. The van der Waals surface area contributed by atoms with Gasteiger partial charge >= 0.3 is 0 Å². The molecule has 0 amide bonds. The Hall–Kier alpha value is -2.55. The lowest BCUT2D eigenvalue weighted by molar-refractivity contribution is 0.475. The average Bonchev–Trinajstić information content (AvgIpc) is 2.98. The lowest BCUT2D eigenvalue weighted by Crippen LogP contribution is -2.00. The molecular weight excluding hydrogens is 272 g/mol. The quantitative estimate of drug-likeness (QED) is 0.752. The summed E-state index contributed by atoms with van der Waals surface area (Å²) < 4.78 is 1.97. The number of aromatic hydroxyl groups is 1. The topological polar surface area (TPSA) is 38.0 Å². The molecule has 3 rings (SSSR count). The monoisotopic (exact) mass is 292 g/mol. The maximum Gasteiger partial charge on any atom is 0.115 e. The van der Waals surface area contributed by atoms with E-state index in [9.17, 15) is 5.11 Å². The molecule has 0 saturated heterocycles. The van der Waals surface area contributed by atoms with Gasteiger partial charge in [-0.2, -0.15) is 5.10 Å². The molecule has 0 aliphatic carbocycles. The molecule has 0 atom stereocenters. The summed E-state index contributed by atoms with van der Waals surface area (Å²) in [6.07, 6.45) is 2.02. The number of phenols is 1. The minimum Gasteiger partial charge on any atom is -0.508 e. The summed E-state index contributed by atoms with van der Waals surface area (Å²) in [5.41, 5.74) is 5.59. The summed E-state index contributed by atoms with van der Waals surface area (Å²) in [7, 11) is 0. The fraction of sp³-hybridized carbons (Fsp3) is 0.211. The van der Waals surface area contributed by atoms with E-state index in [1.54, 1.807) is 12.1 Å². The Kier molecular flexibility index (Phi) is 3.72. The molecule has 0 unspecified atom stereocenters. The van der Waals surface area contributed by atoms with Crippen molar-refractivity contribution in [3.63, 3.8) is 0 Å². The number of nitrogens with zero attached hydrogens (tertiary/aromatic N) is 2. The molecular formula is C19H20N2O. The van der Waals surface area contributed by atoms with Crippen LogP contribution in [-0.2, 0) is 0 Å². The Morgan fingerprint density at radius 2 is 1.64 bits per heavy atom. The van der Waals surface area contributed by atoms with Crippen LogP contribution in [0.1, 0.15) is 25.5 Å². The van der Waals surface area contributed by atoms with Gasteiger partial charge in [0.15, 0.2) is 0 Å². The molecule has 2 aromatic carbocycles. The molecule has 0 radical (unpaired) electrons. The fourth-order valence-corrected chi connectivity index (χ4v) is 2.57. The summed E-state index contributed by atoms with van der Waals surface area (Å²) in [6, 6.07) is 16.1. The maximum absolute atomic E-state index is 9.40. The first kappa shape index (κ1) is 14.4. The first-order valence-corrected chi connectivity index (χ1v) is 7.50. The second-order valence-electron chi connectivity index (χ2n) is 5.85. The molecule has 112 valence electrons.